The van der Waals surface area contributed by atoms with Crippen LogP contribution >= 0.6 is 0 Å². The molecular weight excluding hydrogens is 270 g/mol. The minimum absolute atomic E-state index is 0.0337. The first-order valence-electron chi connectivity index (χ1n) is 7.87. The standard InChI is InChI=1S/C15H27N3O3/c1-16(2)9-12-8-13(19)10-18(12)15(21)11-17-7-5-3-4-6-14(17)20/h12-13,19H,3-11H2,1-2H3. The lowest BCUT2D eigenvalue weighted by Gasteiger charge is -2.29. The molecule has 0 saturated carbocycles. The molecule has 2 fully saturated rings. The zero-order valence-corrected chi connectivity index (χ0v) is 13.1. The van der Waals surface area contributed by atoms with Gasteiger partial charge in [0.1, 0.15) is 0 Å². The number of aliphatic hydroxyl groups is 1. The van der Waals surface area contributed by atoms with Crippen LogP contribution in [0.3, 0.4) is 0 Å². The topological polar surface area (TPSA) is 64.1 Å². The first-order valence-corrected chi connectivity index (χ1v) is 7.87. The van der Waals surface area contributed by atoms with E-state index in [2.05, 4.69) is 0 Å². The van der Waals surface area contributed by atoms with Crippen molar-refractivity contribution in [2.75, 3.05) is 40.3 Å². The van der Waals surface area contributed by atoms with Crippen molar-refractivity contribution in [1.29, 1.82) is 0 Å². The minimum Gasteiger partial charge on any atom is -0.391 e. The molecule has 2 aliphatic rings. The van der Waals surface area contributed by atoms with Crippen LogP contribution in [0.4, 0.5) is 0 Å². The van der Waals surface area contributed by atoms with Gasteiger partial charge in [0.15, 0.2) is 0 Å². The van der Waals surface area contributed by atoms with E-state index >= 15 is 0 Å². The van der Waals surface area contributed by atoms with Crippen molar-refractivity contribution < 1.29 is 14.7 Å². The number of rotatable bonds is 4. The number of aliphatic hydroxyl groups excluding tert-OH is 1. The minimum atomic E-state index is -0.446. The first kappa shape index (κ1) is 16.2. The van der Waals surface area contributed by atoms with Crippen molar-refractivity contribution in [3.05, 3.63) is 0 Å². The average Bonchev–Trinajstić information content (AvgIpc) is 2.64. The van der Waals surface area contributed by atoms with Crippen LogP contribution in [-0.2, 0) is 9.59 Å². The Morgan fingerprint density at radius 2 is 2.10 bits per heavy atom. The molecule has 2 amide bonds. The van der Waals surface area contributed by atoms with Crippen molar-refractivity contribution in [3.8, 4) is 0 Å². The molecule has 2 heterocycles. The summed E-state index contributed by atoms with van der Waals surface area (Å²) in [5.74, 6) is 0.0541. The number of likely N-dealkylation sites (N-methyl/N-ethyl adjacent to an activating group) is 1. The van der Waals surface area contributed by atoms with Crippen LogP contribution < -0.4 is 0 Å². The van der Waals surface area contributed by atoms with E-state index in [1.54, 1.807) is 9.80 Å². The van der Waals surface area contributed by atoms with E-state index < -0.39 is 6.10 Å². The van der Waals surface area contributed by atoms with Crippen molar-refractivity contribution in [2.45, 2.75) is 44.2 Å². The third kappa shape index (κ3) is 4.41. The van der Waals surface area contributed by atoms with E-state index in [4.69, 9.17) is 0 Å². The van der Waals surface area contributed by atoms with Gasteiger partial charge in [-0.15, -0.1) is 0 Å². The van der Waals surface area contributed by atoms with Gasteiger partial charge >= 0.3 is 0 Å². The maximum Gasteiger partial charge on any atom is 0.242 e. The van der Waals surface area contributed by atoms with E-state index in [1.165, 1.54) is 0 Å². The predicted molar refractivity (Wildman–Crippen MR) is 79.7 cm³/mol. The van der Waals surface area contributed by atoms with Gasteiger partial charge in [-0.2, -0.15) is 0 Å². The summed E-state index contributed by atoms with van der Waals surface area (Å²) < 4.78 is 0. The zero-order chi connectivity index (χ0) is 15.4. The van der Waals surface area contributed by atoms with Crippen molar-refractivity contribution in [2.24, 2.45) is 0 Å². The van der Waals surface area contributed by atoms with Crippen molar-refractivity contribution >= 4 is 11.8 Å². The molecule has 0 bridgehead atoms. The molecule has 6 nitrogen and oxygen atoms in total. The summed E-state index contributed by atoms with van der Waals surface area (Å²) in [4.78, 5) is 30.0. The highest BCUT2D eigenvalue weighted by Gasteiger charge is 2.35. The first-order chi connectivity index (χ1) is 9.97. The van der Waals surface area contributed by atoms with Gasteiger partial charge in [0.2, 0.25) is 11.8 Å². The Morgan fingerprint density at radius 3 is 2.81 bits per heavy atom. The maximum atomic E-state index is 12.5. The van der Waals surface area contributed by atoms with E-state index in [1.807, 2.05) is 19.0 Å². The van der Waals surface area contributed by atoms with E-state index in [-0.39, 0.29) is 24.4 Å². The number of likely N-dealkylation sites (tertiary alicyclic amines) is 2. The molecule has 1 N–H and O–H groups in total. The van der Waals surface area contributed by atoms with Crippen molar-refractivity contribution in [1.82, 2.24) is 14.7 Å². The lowest BCUT2D eigenvalue weighted by Crippen LogP contribution is -2.47. The Bertz CT molecular complexity index is 386. The van der Waals surface area contributed by atoms with Crippen LogP contribution in [0.15, 0.2) is 0 Å². The van der Waals surface area contributed by atoms with Crippen LogP contribution in [0.1, 0.15) is 32.1 Å². The molecule has 6 heteroatoms. The molecule has 2 atom stereocenters. The van der Waals surface area contributed by atoms with E-state index in [9.17, 15) is 14.7 Å². The number of hydrogen-bond donors (Lipinski definition) is 1. The lowest BCUT2D eigenvalue weighted by atomic mass is 10.2. The molecule has 0 aliphatic carbocycles. The Hall–Kier alpha value is -1.14. The van der Waals surface area contributed by atoms with Crippen LogP contribution in [0.25, 0.3) is 0 Å². The second-order valence-corrected chi connectivity index (χ2v) is 6.48. The van der Waals surface area contributed by atoms with Gasteiger partial charge in [-0.25, -0.2) is 0 Å². The summed E-state index contributed by atoms with van der Waals surface area (Å²) in [6.45, 7) is 1.98. The second kappa shape index (κ2) is 7.22. The molecule has 2 aliphatic heterocycles. The van der Waals surface area contributed by atoms with Gasteiger partial charge in [0, 0.05) is 32.1 Å². The van der Waals surface area contributed by atoms with Crippen LogP contribution in [0.2, 0.25) is 0 Å². The Labute approximate surface area is 126 Å². The predicted octanol–water partition coefficient (Wildman–Crippen LogP) is -0.0876. The van der Waals surface area contributed by atoms with Crippen LogP contribution in [-0.4, -0.2) is 84.0 Å². The number of hydrogen-bond acceptors (Lipinski definition) is 4. The second-order valence-electron chi connectivity index (χ2n) is 6.48. The monoisotopic (exact) mass is 297 g/mol. The molecule has 0 spiro atoms. The van der Waals surface area contributed by atoms with Gasteiger partial charge in [0.25, 0.3) is 0 Å². The molecule has 21 heavy (non-hydrogen) atoms. The Balaban J connectivity index is 1.95. The summed E-state index contributed by atoms with van der Waals surface area (Å²) in [6, 6.07) is 0.0459. The fourth-order valence-corrected chi connectivity index (χ4v) is 3.25. The van der Waals surface area contributed by atoms with Gasteiger partial charge in [-0.3, -0.25) is 9.59 Å². The summed E-state index contributed by atoms with van der Waals surface area (Å²) >= 11 is 0. The largest absolute Gasteiger partial charge is 0.391 e. The van der Waals surface area contributed by atoms with Crippen LogP contribution in [0, 0.1) is 0 Å². The number of carbonyl (C=O) groups excluding carboxylic acids is 2. The van der Waals surface area contributed by atoms with E-state index in [0.29, 0.717) is 25.9 Å². The number of β-amino-alcohol motifs (C(OH)–C–C–N with tert-alkyl or cyclic N) is 1. The fourth-order valence-electron chi connectivity index (χ4n) is 3.25. The molecular formula is C15H27N3O3. The van der Waals surface area contributed by atoms with Gasteiger partial charge in [-0.1, -0.05) is 6.42 Å². The molecule has 2 rings (SSSR count). The molecule has 0 aromatic carbocycles. The third-order valence-corrected chi connectivity index (χ3v) is 4.29. The Kier molecular flexibility index (Phi) is 5.58. The fraction of sp³-hybridized carbons (Fsp3) is 0.867. The van der Waals surface area contributed by atoms with Gasteiger partial charge < -0.3 is 19.8 Å². The number of nitrogens with zero attached hydrogens (tertiary/aromatic N) is 3. The summed E-state index contributed by atoms with van der Waals surface area (Å²) in [7, 11) is 3.93. The lowest BCUT2D eigenvalue weighted by molar-refractivity contribution is -0.141. The van der Waals surface area contributed by atoms with E-state index in [0.717, 1.165) is 25.8 Å². The highest BCUT2D eigenvalue weighted by molar-refractivity contribution is 5.85. The highest BCUT2D eigenvalue weighted by atomic mass is 16.3. The van der Waals surface area contributed by atoms with Crippen molar-refractivity contribution in [3.63, 3.8) is 0 Å². The molecule has 0 aromatic heterocycles. The summed E-state index contributed by atoms with van der Waals surface area (Å²) in [5.41, 5.74) is 0. The highest BCUT2D eigenvalue weighted by Crippen LogP contribution is 2.19. The molecule has 120 valence electrons. The quantitative estimate of drug-likeness (QED) is 0.788. The third-order valence-electron chi connectivity index (χ3n) is 4.29. The smallest absolute Gasteiger partial charge is 0.242 e. The Morgan fingerprint density at radius 1 is 1.33 bits per heavy atom. The van der Waals surface area contributed by atoms with Gasteiger partial charge in [0.05, 0.1) is 12.6 Å². The molecule has 0 aromatic rings. The van der Waals surface area contributed by atoms with Crippen LogP contribution in [0.5, 0.6) is 0 Å². The number of carbonyl (C=O) groups is 2. The summed E-state index contributed by atoms with van der Waals surface area (Å²) in [6.07, 6.45) is 3.69. The molecule has 2 unspecified atom stereocenters. The normalized spacial score (nSPS) is 27.3. The number of amides is 2. The zero-order valence-electron chi connectivity index (χ0n) is 13.1. The SMILES string of the molecule is CN(C)CC1CC(O)CN1C(=O)CN1CCCCCC1=O. The summed E-state index contributed by atoms with van der Waals surface area (Å²) in [5, 5.41) is 9.84. The average molecular weight is 297 g/mol. The molecule has 2 saturated heterocycles. The molecule has 0 radical (unpaired) electrons. The maximum absolute atomic E-state index is 12.5. The van der Waals surface area contributed by atoms with Gasteiger partial charge in [-0.05, 0) is 33.4 Å².